The summed E-state index contributed by atoms with van der Waals surface area (Å²) in [5.41, 5.74) is 2.07. The van der Waals surface area contributed by atoms with Crippen molar-refractivity contribution in [1.82, 2.24) is 0 Å². The van der Waals surface area contributed by atoms with E-state index in [9.17, 15) is 68.4 Å². The highest BCUT2D eigenvalue weighted by molar-refractivity contribution is 6.28. The Bertz CT molecular complexity index is 3070. The number of aromatic carboxylic acids is 4. The van der Waals surface area contributed by atoms with Crippen LogP contribution >= 0.6 is 0 Å². The fraction of sp³-hybridized carbons (Fsp3) is 0.0943. The van der Waals surface area contributed by atoms with Gasteiger partial charge in [0.1, 0.15) is 57.6 Å². The minimum Gasteiger partial charge on any atom is -0.507 e. The van der Waals surface area contributed by atoms with Gasteiger partial charge in [-0.3, -0.25) is 28.8 Å². The molecule has 5 aromatic carbocycles. The Hall–Kier alpha value is -10.2. The zero-order valence-electron chi connectivity index (χ0n) is 38.7. The van der Waals surface area contributed by atoms with E-state index in [4.69, 9.17) is 25.2 Å². The van der Waals surface area contributed by atoms with Gasteiger partial charge in [0.15, 0.2) is 23.1 Å². The molecule has 376 valence electrons. The number of carboxylic acid groups (broad SMARTS) is 4. The van der Waals surface area contributed by atoms with Crippen LogP contribution in [0.5, 0.6) is 28.7 Å². The number of hydrogen-bond acceptors (Lipinski definition) is 15. The summed E-state index contributed by atoms with van der Waals surface area (Å²) >= 11 is 0. The first kappa shape index (κ1) is 57.1. The maximum atomic E-state index is 12.1. The van der Waals surface area contributed by atoms with E-state index in [0.717, 1.165) is 46.9 Å². The first-order chi connectivity index (χ1) is 34.3. The van der Waals surface area contributed by atoms with Gasteiger partial charge < -0.3 is 45.6 Å². The van der Waals surface area contributed by atoms with E-state index in [-0.39, 0.29) is 93.5 Å². The number of ether oxygens (including phenoxy) is 1. The Morgan fingerprint density at radius 2 is 1.00 bits per heavy atom. The summed E-state index contributed by atoms with van der Waals surface area (Å²) in [4.78, 5) is 111. The molecular formula is C53H45NO19. The molecule has 0 saturated carbocycles. The number of benzene rings is 5. The van der Waals surface area contributed by atoms with Crippen molar-refractivity contribution in [3.63, 3.8) is 0 Å². The second-order valence-corrected chi connectivity index (χ2v) is 15.1. The van der Waals surface area contributed by atoms with Crippen LogP contribution < -0.4 is 9.64 Å². The van der Waals surface area contributed by atoms with Crippen LogP contribution in [0.3, 0.4) is 0 Å². The number of nitrogens with zero attached hydrogens (tertiary/aromatic N) is 1. The highest BCUT2D eigenvalue weighted by atomic mass is 16.5. The maximum absolute atomic E-state index is 12.1. The lowest BCUT2D eigenvalue weighted by molar-refractivity contribution is -0.120. The minimum absolute atomic E-state index is 0.00118. The van der Waals surface area contributed by atoms with Crippen molar-refractivity contribution in [2.75, 3.05) is 11.5 Å². The average Bonchev–Trinajstić information content (AvgIpc) is 3.66. The molecule has 1 aliphatic rings. The Kier molecular flexibility index (Phi) is 20.7. The number of allylic oxidation sites excluding steroid dienone is 2. The van der Waals surface area contributed by atoms with Crippen molar-refractivity contribution in [3.8, 4) is 28.7 Å². The lowest BCUT2D eigenvalue weighted by Gasteiger charge is -2.14. The van der Waals surface area contributed by atoms with Gasteiger partial charge in [-0.15, -0.1) is 0 Å². The second kappa shape index (κ2) is 26.5. The van der Waals surface area contributed by atoms with E-state index < -0.39 is 41.4 Å². The van der Waals surface area contributed by atoms with Crippen LogP contribution in [0.25, 0.3) is 6.08 Å². The van der Waals surface area contributed by atoms with Crippen LogP contribution in [0.4, 0.5) is 5.69 Å². The molecule has 5 aromatic rings. The number of aromatic hydroxyl groups is 4. The molecule has 1 aliphatic heterocycles. The van der Waals surface area contributed by atoms with Gasteiger partial charge in [0.2, 0.25) is 0 Å². The Labute approximate surface area is 414 Å². The predicted octanol–water partition coefficient (Wildman–Crippen LogP) is 6.64. The molecule has 0 spiro atoms. The van der Waals surface area contributed by atoms with Gasteiger partial charge in [0, 0.05) is 48.3 Å². The maximum Gasteiger partial charge on any atom is 0.339 e. The monoisotopic (exact) mass is 999 g/mol. The van der Waals surface area contributed by atoms with Crippen LogP contribution in [0, 0.1) is 0 Å². The number of ketones is 4. The van der Waals surface area contributed by atoms with Crippen molar-refractivity contribution >= 4 is 70.6 Å². The Morgan fingerprint density at radius 3 is 1.41 bits per heavy atom. The van der Waals surface area contributed by atoms with Gasteiger partial charge in [0.25, 0.3) is 11.8 Å². The smallest absolute Gasteiger partial charge is 0.339 e. The molecule has 0 aromatic heterocycles. The lowest BCUT2D eigenvalue weighted by atomic mass is 10.0. The van der Waals surface area contributed by atoms with Crippen LogP contribution in [0.2, 0.25) is 0 Å². The molecule has 0 bridgehead atoms. The number of hydrogen-bond donors (Lipinski definition) is 8. The number of Topliss-reactive ketones (excluding diaryl/α,β-unsaturated/α-hetero) is 2. The minimum atomic E-state index is -1.29. The largest absolute Gasteiger partial charge is 0.507 e. The summed E-state index contributed by atoms with van der Waals surface area (Å²) in [6.45, 7) is 9.85. The molecule has 0 unspecified atom stereocenters. The first-order valence-corrected chi connectivity index (χ1v) is 20.9. The van der Waals surface area contributed by atoms with E-state index in [2.05, 4.69) is 13.2 Å². The van der Waals surface area contributed by atoms with Crippen molar-refractivity contribution < 1.29 is 93.5 Å². The third-order valence-electron chi connectivity index (χ3n) is 9.69. The van der Waals surface area contributed by atoms with Gasteiger partial charge in [0.05, 0.1) is 5.69 Å². The Morgan fingerprint density at radius 1 is 0.562 bits per heavy atom. The van der Waals surface area contributed by atoms with Gasteiger partial charge in [-0.25, -0.2) is 24.1 Å². The summed E-state index contributed by atoms with van der Waals surface area (Å²) < 4.78 is 5.17. The zero-order valence-corrected chi connectivity index (χ0v) is 38.7. The highest BCUT2D eigenvalue weighted by Crippen LogP contribution is 2.27. The molecule has 0 radical (unpaired) electrons. The topological polar surface area (TPSA) is 345 Å². The number of anilines is 1. The highest BCUT2D eigenvalue weighted by Gasteiger charge is 2.26. The number of rotatable bonds is 17. The van der Waals surface area contributed by atoms with E-state index in [1.807, 2.05) is 0 Å². The zero-order chi connectivity index (χ0) is 54.7. The fourth-order valence-corrected chi connectivity index (χ4v) is 5.85. The second-order valence-electron chi connectivity index (χ2n) is 15.1. The number of phenols is 4. The van der Waals surface area contributed by atoms with Crippen LogP contribution in [-0.2, 0) is 36.8 Å². The van der Waals surface area contributed by atoms with Crippen LogP contribution in [0.15, 0.2) is 140 Å². The average molecular weight is 1000 g/mol. The van der Waals surface area contributed by atoms with Gasteiger partial charge >= 0.3 is 23.9 Å². The molecule has 20 nitrogen and oxygen atoms in total. The van der Waals surface area contributed by atoms with Crippen LogP contribution in [-0.4, -0.2) is 106 Å². The molecule has 0 fully saturated rings. The standard InChI is InChI=1S/C17H14O4.C13H12O5.C12H12O5.C11H7NO5/c1-2-11-3-6-13(7-4-11)15(18)9-12-5-8-14(17(20)21)16(19)10-12;1-8(14)2-4-10(15)6-9-3-5-11(13(17)18)12(16)7-9;1-7(8(2)13)6-17-9-3-4-10(12(15)16)11(14)5-9;13-8-5-6(1-2-7(8)11(16)17)12-9(14)3-4-10(12)15/h2-8,10,19H,1,9H2,(H,20,21);2-5,7,16H,6H2,1H3,(H,17,18);3-5,14H,1,6H2,2H3,(H,15,16);1-5,13H,(H,16,17)/b;4-2+;;. The van der Waals surface area contributed by atoms with Gasteiger partial charge in [-0.1, -0.05) is 55.6 Å². The number of carboxylic acids is 4. The summed E-state index contributed by atoms with van der Waals surface area (Å²) in [6.07, 6.45) is 6.31. The van der Waals surface area contributed by atoms with Crippen LogP contribution in [0.1, 0.15) is 82.3 Å². The number of carbonyl (C=O) groups is 10. The molecule has 8 N–H and O–H groups in total. The number of amides is 2. The van der Waals surface area contributed by atoms with E-state index in [1.165, 1.54) is 74.5 Å². The Balaban J connectivity index is 0.000000258. The predicted molar refractivity (Wildman–Crippen MR) is 260 cm³/mol. The van der Waals surface area contributed by atoms with E-state index in [1.54, 1.807) is 30.3 Å². The molecule has 6 rings (SSSR count). The molecule has 0 aliphatic carbocycles. The lowest BCUT2D eigenvalue weighted by Crippen LogP contribution is -2.29. The molecule has 2 amide bonds. The fourth-order valence-electron chi connectivity index (χ4n) is 5.85. The van der Waals surface area contributed by atoms with E-state index in [0.29, 0.717) is 22.3 Å². The quantitative estimate of drug-likeness (QED) is 0.0275. The normalized spacial score (nSPS) is 11.1. The summed E-state index contributed by atoms with van der Waals surface area (Å²) in [7, 11) is 0. The van der Waals surface area contributed by atoms with Crippen molar-refractivity contribution in [2.24, 2.45) is 0 Å². The molecule has 0 saturated heterocycles. The van der Waals surface area contributed by atoms with Gasteiger partial charge in [-0.05, 0) is 91.2 Å². The molecule has 20 heteroatoms. The summed E-state index contributed by atoms with van der Waals surface area (Å²) in [5.74, 6) is -8.15. The molecular weight excluding hydrogens is 955 g/mol. The van der Waals surface area contributed by atoms with Crippen molar-refractivity contribution in [3.05, 3.63) is 185 Å². The molecule has 0 atom stereocenters. The SMILES string of the molecule is C=C(COc1ccc(C(=O)O)c(O)c1)C(C)=O.C=Cc1ccc(C(=O)Cc2ccc(C(=O)O)c(O)c2)cc1.CC(=O)/C=C/C(=O)Cc1ccc(C(=O)O)c(O)c1.O=C(O)c1ccc(N2C(=O)C=CC2=O)cc1O. The summed E-state index contributed by atoms with van der Waals surface area (Å²) in [5, 5.41) is 72.8. The number of imide groups is 1. The molecule has 1 heterocycles. The van der Waals surface area contributed by atoms with Crippen molar-refractivity contribution in [1.29, 1.82) is 0 Å². The number of carbonyl (C=O) groups excluding carboxylic acids is 6. The van der Waals surface area contributed by atoms with E-state index >= 15 is 0 Å². The third kappa shape index (κ3) is 17.3. The first-order valence-electron chi connectivity index (χ1n) is 20.9. The van der Waals surface area contributed by atoms with Crippen molar-refractivity contribution in [2.45, 2.75) is 26.7 Å². The molecule has 73 heavy (non-hydrogen) atoms. The van der Waals surface area contributed by atoms with Gasteiger partial charge in [-0.2, -0.15) is 0 Å². The summed E-state index contributed by atoms with van der Waals surface area (Å²) in [6, 6.07) is 22.3. The third-order valence-corrected chi connectivity index (χ3v) is 9.69.